The fourth-order valence-corrected chi connectivity index (χ4v) is 5.59. The first-order valence-corrected chi connectivity index (χ1v) is 9.07. The molecule has 0 heterocycles. The lowest BCUT2D eigenvalue weighted by Gasteiger charge is -2.29. The lowest BCUT2D eigenvalue weighted by molar-refractivity contribution is -0.145. The average Bonchev–Trinajstić information content (AvgIpc) is 2.87. The van der Waals surface area contributed by atoms with Crippen molar-refractivity contribution in [3.63, 3.8) is 0 Å². The Morgan fingerprint density at radius 1 is 1.15 bits per heavy atom. The number of rotatable bonds is 4. The highest BCUT2D eigenvalue weighted by Gasteiger charge is 2.43. The van der Waals surface area contributed by atoms with Crippen LogP contribution in [0.1, 0.15) is 51.9 Å². The first-order valence-electron chi connectivity index (χ1n) is 7.53. The van der Waals surface area contributed by atoms with Crippen LogP contribution in [0.25, 0.3) is 0 Å². The van der Waals surface area contributed by atoms with Crippen LogP contribution in [0, 0.1) is 11.8 Å². The minimum atomic E-state index is -3.44. The van der Waals surface area contributed by atoms with Crippen molar-refractivity contribution in [1.82, 2.24) is 4.72 Å². The van der Waals surface area contributed by atoms with Gasteiger partial charge in [0.05, 0.1) is 18.3 Å². The highest BCUT2D eigenvalue weighted by molar-refractivity contribution is 7.90. The molecule has 0 aromatic heterocycles. The molecule has 0 spiro atoms. The van der Waals surface area contributed by atoms with E-state index in [4.69, 9.17) is 4.74 Å². The summed E-state index contributed by atoms with van der Waals surface area (Å²) in [6.45, 7) is 2.16. The Kier molecular flexibility index (Phi) is 5.07. The molecule has 0 bridgehead atoms. The number of esters is 1. The van der Waals surface area contributed by atoms with E-state index < -0.39 is 27.2 Å². The van der Waals surface area contributed by atoms with Gasteiger partial charge in [-0.15, -0.1) is 0 Å². The second-order valence-electron chi connectivity index (χ2n) is 6.23. The van der Waals surface area contributed by atoms with Gasteiger partial charge in [0.15, 0.2) is 0 Å². The highest BCUT2D eigenvalue weighted by atomic mass is 32.2. The highest BCUT2D eigenvalue weighted by Crippen LogP contribution is 2.33. The third-order valence-electron chi connectivity index (χ3n) is 4.62. The monoisotopic (exact) mass is 303 g/mol. The molecule has 0 amide bonds. The van der Waals surface area contributed by atoms with Crippen LogP contribution in [0.2, 0.25) is 0 Å². The Morgan fingerprint density at radius 2 is 1.85 bits per heavy atom. The lowest BCUT2D eigenvalue weighted by Crippen LogP contribution is -2.45. The minimum absolute atomic E-state index is 0.0302. The fourth-order valence-electron chi connectivity index (χ4n) is 3.58. The zero-order valence-electron chi connectivity index (χ0n) is 12.3. The van der Waals surface area contributed by atoms with E-state index in [1.54, 1.807) is 0 Å². The van der Waals surface area contributed by atoms with Crippen LogP contribution in [-0.4, -0.2) is 32.8 Å². The van der Waals surface area contributed by atoms with Gasteiger partial charge in [0, 0.05) is 6.04 Å². The Labute approximate surface area is 121 Å². The van der Waals surface area contributed by atoms with Crippen LogP contribution in [-0.2, 0) is 19.6 Å². The van der Waals surface area contributed by atoms with E-state index >= 15 is 0 Å². The van der Waals surface area contributed by atoms with Crippen LogP contribution in [0.3, 0.4) is 0 Å². The molecule has 4 atom stereocenters. The molecule has 0 saturated heterocycles. The summed E-state index contributed by atoms with van der Waals surface area (Å²) in [4.78, 5) is 11.7. The molecule has 2 aliphatic rings. The fraction of sp³-hybridized carbons (Fsp3) is 0.929. The predicted molar refractivity (Wildman–Crippen MR) is 76.6 cm³/mol. The van der Waals surface area contributed by atoms with Crippen molar-refractivity contribution in [3.8, 4) is 0 Å². The van der Waals surface area contributed by atoms with E-state index in [0.29, 0.717) is 18.8 Å². The van der Waals surface area contributed by atoms with Gasteiger partial charge in [0.25, 0.3) is 0 Å². The molecule has 5 nitrogen and oxygen atoms in total. The second kappa shape index (κ2) is 6.43. The molecule has 0 aliphatic heterocycles. The summed E-state index contributed by atoms with van der Waals surface area (Å²) in [7, 11) is -2.12. The van der Waals surface area contributed by atoms with Crippen molar-refractivity contribution in [1.29, 1.82) is 0 Å². The SMILES string of the molecule is COC(=O)C1CCCC1S(=O)(=O)NC1CCCC(C)C1. The first-order chi connectivity index (χ1) is 9.44. The number of sulfonamides is 1. The molecule has 1 N–H and O–H groups in total. The molecule has 4 unspecified atom stereocenters. The van der Waals surface area contributed by atoms with E-state index in [-0.39, 0.29) is 6.04 Å². The Bertz CT molecular complexity index is 448. The third kappa shape index (κ3) is 3.52. The van der Waals surface area contributed by atoms with E-state index in [0.717, 1.165) is 25.7 Å². The van der Waals surface area contributed by atoms with Crippen LogP contribution in [0.4, 0.5) is 0 Å². The average molecular weight is 303 g/mol. The maximum absolute atomic E-state index is 12.5. The van der Waals surface area contributed by atoms with E-state index in [9.17, 15) is 13.2 Å². The summed E-state index contributed by atoms with van der Waals surface area (Å²) >= 11 is 0. The molecule has 6 heteroatoms. The van der Waals surface area contributed by atoms with Crippen molar-refractivity contribution in [3.05, 3.63) is 0 Å². The van der Waals surface area contributed by atoms with Crippen LogP contribution in [0.5, 0.6) is 0 Å². The Balaban J connectivity index is 2.03. The van der Waals surface area contributed by atoms with Crippen molar-refractivity contribution in [2.24, 2.45) is 11.8 Å². The van der Waals surface area contributed by atoms with E-state index in [1.807, 2.05) is 0 Å². The minimum Gasteiger partial charge on any atom is -0.469 e. The topological polar surface area (TPSA) is 72.5 Å². The van der Waals surface area contributed by atoms with Crippen molar-refractivity contribution >= 4 is 16.0 Å². The molecule has 2 rings (SSSR count). The van der Waals surface area contributed by atoms with Gasteiger partial charge in [0.2, 0.25) is 10.0 Å². The molecular weight excluding hydrogens is 278 g/mol. The van der Waals surface area contributed by atoms with Gasteiger partial charge in [-0.2, -0.15) is 0 Å². The molecule has 2 fully saturated rings. The number of methoxy groups -OCH3 is 1. The zero-order valence-corrected chi connectivity index (χ0v) is 13.1. The largest absolute Gasteiger partial charge is 0.469 e. The summed E-state index contributed by atoms with van der Waals surface area (Å²) in [5, 5.41) is -0.618. The smallest absolute Gasteiger partial charge is 0.310 e. The quantitative estimate of drug-likeness (QED) is 0.804. The number of hydrogen-bond donors (Lipinski definition) is 1. The zero-order chi connectivity index (χ0) is 14.8. The van der Waals surface area contributed by atoms with Crippen LogP contribution in [0.15, 0.2) is 0 Å². The predicted octanol–water partition coefficient (Wildman–Crippen LogP) is 1.83. The maximum atomic E-state index is 12.5. The van der Waals surface area contributed by atoms with Gasteiger partial charge < -0.3 is 4.74 Å². The van der Waals surface area contributed by atoms with Gasteiger partial charge in [0.1, 0.15) is 0 Å². The normalized spacial score (nSPS) is 34.9. The van der Waals surface area contributed by atoms with Gasteiger partial charge in [-0.1, -0.05) is 26.2 Å². The lowest BCUT2D eigenvalue weighted by atomic mass is 9.88. The number of nitrogens with one attached hydrogen (secondary N) is 1. The van der Waals surface area contributed by atoms with E-state index in [1.165, 1.54) is 13.5 Å². The maximum Gasteiger partial charge on any atom is 0.310 e. The van der Waals surface area contributed by atoms with Crippen molar-refractivity contribution < 1.29 is 17.9 Å². The summed E-state index contributed by atoms with van der Waals surface area (Å²) in [6, 6.07) is 0.0302. The van der Waals surface area contributed by atoms with Gasteiger partial charge in [-0.25, -0.2) is 13.1 Å². The molecule has 0 aromatic rings. The molecule has 2 saturated carbocycles. The summed E-state index contributed by atoms with van der Waals surface area (Å²) in [6.07, 6.45) is 5.98. The summed E-state index contributed by atoms with van der Waals surface area (Å²) in [5.41, 5.74) is 0. The number of ether oxygens (including phenoxy) is 1. The molecule has 20 heavy (non-hydrogen) atoms. The van der Waals surface area contributed by atoms with Crippen molar-refractivity contribution in [2.75, 3.05) is 7.11 Å². The van der Waals surface area contributed by atoms with E-state index in [2.05, 4.69) is 11.6 Å². The van der Waals surface area contributed by atoms with Crippen LogP contribution >= 0.6 is 0 Å². The number of carbonyl (C=O) groups excluding carboxylic acids is 1. The third-order valence-corrected chi connectivity index (χ3v) is 6.65. The summed E-state index contributed by atoms with van der Waals surface area (Å²) < 4.78 is 32.6. The molecule has 0 aromatic carbocycles. The second-order valence-corrected chi connectivity index (χ2v) is 8.16. The standard InChI is InChI=1S/C14H25NO4S/c1-10-5-3-6-11(9-10)15-20(17,18)13-8-4-7-12(13)14(16)19-2/h10-13,15H,3-9H2,1-2H3. The molecule has 2 aliphatic carbocycles. The van der Waals surface area contributed by atoms with Gasteiger partial charge >= 0.3 is 5.97 Å². The molecule has 0 radical (unpaired) electrons. The Morgan fingerprint density at radius 3 is 2.50 bits per heavy atom. The Hall–Kier alpha value is -0.620. The molecular formula is C14H25NO4S. The number of carbonyl (C=O) groups is 1. The van der Waals surface area contributed by atoms with Gasteiger partial charge in [-0.3, -0.25) is 4.79 Å². The first kappa shape index (κ1) is 15.8. The van der Waals surface area contributed by atoms with Gasteiger partial charge in [-0.05, 0) is 31.6 Å². The molecule has 116 valence electrons. The number of hydrogen-bond acceptors (Lipinski definition) is 4. The summed E-state index contributed by atoms with van der Waals surface area (Å²) in [5.74, 6) is -0.329. The van der Waals surface area contributed by atoms with Crippen molar-refractivity contribution in [2.45, 2.75) is 63.2 Å². The van der Waals surface area contributed by atoms with Crippen LogP contribution < -0.4 is 4.72 Å².